The predicted octanol–water partition coefficient (Wildman–Crippen LogP) is 3.99. The van der Waals surface area contributed by atoms with Crippen LogP contribution in [-0.4, -0.2) is 39.4 Å². The number of nitrogens with zero attached hydrogens (tertiary/aromatic N) is 2. The van der Waals surface area contributed by atoms with Gasteiger partial charge in [0, 0.05) is 16.5 Å². The molecule has 0 radical (unpaired) electrons. The van der Waals surface area contributed by atoms with E-state index >= 15 is 0 Å². The van der Waals surface area contributed by atoms with E-state index in [1.165, 1.54) is 24.5 Å². The molecule has 3 aromatic rings. The van der Waals surface area contributed by atoms with E-state index in [2.05, 4.69) is 15.0 Å². The number of alkyl halides is 3. The van der Waals surface area contributed by atoms with Gasteiger partial charge in [-0.15, -0.1) is 0 Å². The van der Waals surface area contributed by atoms with Gasteiger partial charge < -0.3 is 19.8 Å². The smallest absolute Gasteiger partial charge is 0.405 e. The van der Waals surface area contributed by atoms with Gasteiger partial charge in [0.15, 0.2) is 5.88 Å². The van der Waals surface area contributed by atoms with E-state index in [0.29, 0.717) is 34.3 Å². The van der Waals surface area contributed by atoms with E-state index < -0.39 is 18.6 Å². The summed E-state index contributed by atoms with van der Waals surface area (Å²) in [4.78, 5) is 23.2. The van der Waals surface area contributed by atoms with E-state index in [-0.39, 0.29) is 17.5 Å². The lowest BCUT2D eigenvalue weighted by atomic mass is 10.0. The fourth-order valence-corrected chi connectivity index (χ4v) is 2.71. The second-order valence-corrected chi connectivity index (χ2v) is 6.09. The van der Waals surface area contributed by atoms with Crippen molar-refractivity contribution in [3.05, 3.63) is 41.3 Å². The first-order valence-corrected chi connectivity index (χ1v) is 8.37. The molecule has 0 fully saturated rings. The fourth-order valence-electron chi connectivity index (χ4n) is 2.71. The summed E-state index contributed by atoms with van der Waals surface area (Å²) in [7, 11) is 0. The third-order valence-electron chi connectivity index (χ3n) is 3.95. The molecule has 3 rings (SSSR count). The van der Waals surface area contributed by atoms with Crippen molar-refractivity contribution < 1.29 is 27.5 Å². The normalized spacial score (nSPS) is 12.5. The minimum Gasteiger partial charge on any atom is -0.494 e. The molecule has 2 aromatic heterocycles. The summed E-state index contributed by atoms with van der Waals surface area (Å²) in [5.74, 6) is -1.05. The lowest BCUT2D eigenvalue weighted by Gasteiger charge is -2.08. The molecule has 1 amide bonds. The van der Waals surface area contributed by atoms with Gasteiger partial charge in [-0.1, -0.05) is 6.92 Å². The monoisotopic (exact) mass is 394 g/mol. The highest BCUT2D eigenvalue weighted by molar-refractivity contribution is 6.14. The zero-order valence-electron chi connectivity index (χ0n) is 15.0. The number of carbonyl (C=O) groups excluding carboxylic acids is 1. The topological polar surface area (TPSA) is 104 Å². The zero-order chi connectivity index (χ0) is 20.5. The largest absolute Gasteiger partial charge is 0.494 e. The van der Waals surface area contributed by atoms with Gasteiger partial charge in [0.25, 0.3) is 5.91 Å². The van der Waals surface area contributed by atoms with Gasteiger partial charge in [-0.2, -0.15) is 23.1 Å². The lowest BCUT2D eigenvalue weighted by Crippen LogP contribution is -2.33. The summed E-state index contributed by atoms with van der Waals surface area (Å²) in [6.45, 7) is 2.12. The number of rotatable bonds is 5. The summed E-state index contributed by atoms with van der Waals surface area (Å²) in [5, 5.41) is 12.6. The number of aliphatic imine (C=N–C) groups is 1. The highest BCUT2D eigenvalue weighted by Crippen LogP contribution is 2.31. The first-order valence-electron chi connectivity index (χ1n) is 8.37. The Kier molecular flexibility index (Phi) is 5.12. The van der Waals surface area contributed by atoms with Gasteiger partial charge in [0.05, 0.1) is 17.0 Å². The third kappa shape index (κ3) is 4.16. The molecule has 0 atom stereocenters. The van der Waals surface area contributed by atoms with Gasteiger partial charge in [-0.05, 0) is 31.5 Å². The number of aromatic hydroxyl groups is 1. The number of amides is 1. The number of carbonyl (C=O) groups is 1. The van der Waals surface area contributed by atoms with Gasteiger partial charge in [-0.3, -0.25) is 4.79 Å². The van der Waals surface area contributed by atoms with Crippen molar-refractivity contribution >= 4 is 28.5 Å². The molecule has 7 nitrogen and oxygen atoms in total. The second kappa shape index (κ2) is 7.37. The van der Waals surface area contributed by atoms with Crippen molar-refractivity contribution in [3.8, 4) is 5.88 Å². The number of benzene rings is 1. The van der Waals surface area contributed by atoms with Crippen LogP contribution in [0.15, 0.2) is 33.9 Å². The van der Waals surface area contributed by atoms with Crippen molar-refractivity contribution in [2.75, 3.05) is 6.54 Å². The molecule has 0 aliphatic heterocycles. The van der Waals surface area contributed by atoms with Crippen LogP contribution in [-0.2, 0) is 0 Å². The quantitative estimate of drug-likeness (QED) is 0.569. The Morgan fingerprint density at radius 2 is 2.14 bits per heavy atom. The molecular weight excluding hydrogens is 377 g/mol. The van der Waals surface area contributed by atoms with Crippen molar-refractivity contribution in [2.24, 2.45) is 4.99 Å². The predicted molar refractivity (Wildman–Crippen MR) is 96.1 cm³/mol. The number of hydrogen-bond acceptors (Lipinski definition) is 5. The summed E-state index contributed by atoms with van der Waals surface area (Å²) in [6, 6.07) is 4.39. The molecule has 148 valence electrons. The van der Waals surface area contributed by atoms with Crippen LogP contribution in [0.25, 0.3) is 10.9 Å². The molecule has 1 aromatic carbocycles. The average molecular weight is 394 g/mol. The van der Waals surface area contributed by atoms with Crippen LogP contribution in [0.1, 0.15) is 35.0 Å². The van der Waals surface area contributed by atoms with Crippen LogP contribution in [0.4, 0.5) is 19.2 Å². The number of oxazole rings is 1. The van der Waals surface area contributed by atoms with Crippen LogP contribution >= 0.6 is 0 Å². The van der Waals surface area contributed by atoms with Crippen LogP contribution in [0.5, 0.6) is 5.88 Å². The van der Waals surface area contributed by atoms with Gasteiger partial charge in [0.2, 0.25) is 0 Å². The number of H-pyrrole nitrogens is 1. The number of aromatic amines is 1. The molecule has 0 aliphatic rings. The summed E-state index contributed by atoms with van der Waals surface area (Å²) < 4.78 is 42.2. The highest BCUT2D eigenvalue weighted by Gasteiger charge is 2.28. The average Bonchev–Trinajstić information content (AvgIpc) is 3.18. The molecule has 3 N–H and O–H groups in total. The number of fused-ring (bicyclic) bond motifs is 1. The molecule has 0 unspecified atom stereocenters. The van der Waals surface area contributed by atoms with E-state index in [1.807, 2.05) is 12.2 Å². The summed E-state index contributed by atoms with van der Waals surface area (Å²) in [6.07, 6.45) is -2.66. The Hall–Kier alpha value is -3.30. The van der Waals surface area contributed by atoms with Gasteiger partial charge in [0.1, 0.15) is 12.8 Å². The maximum Gasteiger partial charge on any atom is 0.405 e. The molecular formula is C18H17F3N4O3. The first-order chi connectivity index (χ1) is 13.2. The summed E-state index contributed by atoms with van der Waals surface area (Å²) in [5.41, 5.74) is 1.95. The van der Waals surface area contributed by atoms with E-state index in [9.17, 15) is 23.1 Å². The Balaban J connectivity index is 2.01. The maximum atomic E-state index is 12.3. The van der Waals surface area contributed by atoms with E-state index in [4.69, 9.17) is 4.42 Å². The fraction of sp³-hybridized carbons (Fsp3) is 0.278. The third-order valence-corrected chi connectivity index (χ3v) is 3.95. The molecule has 0 bridgehead atoms. The Labute approximate surface area is 157 Å². The minimum atomic E-state index is -4.51. The second-order valence-electron chi connectivity index (χ2n) is 6.09. The number of hydrogen-bond donors (Lipinski definition) is 3. The Bertz CT molecular complexity index is 1050. The molecule has 0 spiro atoms. The van der Waals surface area contributed by atoms with Crippen LogP contribution in [0.2, 0.25) is 0 Å². The number of aromatic nitrogens is 2. The molecule has 2 heterocycles. The zero-order valence-corrected chi connectivity index (χ0v) is 15.0. The van der Waals surface area contributed by atoms with Crippen LogP contribution in [0, 0.1) is 6.92 Å². The Morgan fingerprint density at radius 3 is 2.75 bits per heavy atom. The molecule has 0 saturated carbocycles. The number of aryl methyl sites for hydroxylation is 1. The molecule has 10 heteroatoms. The van der Waals surface area contributed by atoms with Crippen molar-refractivity contribution in [2.45, 2.75) is 26.4 Å². The minimum absolute atomic E-state index is 0.0272. The highest BCUT2D eigenvalue weighted by atomic mass is 19.4. The Morgan fingerprint density at radius 1 is 1.39 bits per heavy atom. The lowest BCUT2D eigenvalue weighted by molar-refractivity contribution is -0.123. The standard InChI is InChI=1S/C18H17F3N4O3/c1-3-12(25-17-23-9(2)7-28-17)14-11-6-10(4-5-13(11)24-16(14)27)15(26)22-8-18(19,20)21/h4-7,24,27H,3,8H2,1-2H3,(H,22,26)/b25-12+. The van der Waals surface area contributed by atoms with Crippen molar-refractivity contribution in [3.63, 3.8) is 0 Å². The van der Waals surface area contributed by atoms with E-state index in [1.54, 1.807) is 6.92 Å². The molecule has 0 aliphatic carbocycles. The van der Waals surface area contributed by atoms with Crippen LogP contribution in [0.3, 0.4) is 0 Å². The maximum absolute atomic E-state index is 12.3. The van der Waals surface area contributed by atoms with Gasteiger partial charge >= 0.3 is 12.2 Å². The van der Waals surface area contributed by atoms with Crippen molar-refractivity contribution in [1.82, 2.24) is 15.3 Å². The SMILES string of the molecule is CC/C(=N\c1nc(C)co1)c1c(O)[nH]c2ccc(C(=O)NCC(F)(F)F)cc12. The first kappa shape index (κ1) is 19.5. The van der Waals surface area contributed by atoms with E-state index in [0.717, 1.165) is 0 Å². The van der Waals surface area contributed by atoms with Crippen molar-refractivity contribution in [1.29, 1.82) is 0 Å². The number of nitrogens with one attached hydrogen (secondary N) is 2. The summed E-state index contributed by atoms with van der Waals surface area (Å²) >= 11 is 0. The van der Waals surface area contributed by atoms with Crippen LogP contribution < -0.4 is 5.32 Å². The molecule has 0 saturated heterocycles. The number of halogens is 3. The van der Waals surface area contributed by atoms with Gasteiger partial charge in [-0.25, -0.2) is 0 Å². The molecule has 28 heavy (non-hydrogen) atoms.